The van der Waals surface area contributed by atoms with E-state index in [1.54, 1.807) is 24.3 Å². The van der Waals surface area contributed by atoms with Crippen molar-refractivity contribution in [2.24, 2.45) is 0 Å². The van der Waals surface area contributed by atoms with E-state index >= 15 is 0 Å². The molecule has 17 heavy (non-hydrogen) atoms. The van der Waals surface area contributed by atoms with Crippen LogP contribution in [-0.4, -0.2) is 18.2 Å². The second kappa shape index (κ2) is 4.78. The van der Waals surface area contributed by atoms with Gasteiger partial charge in [0.25, 0.3) is 5.91 Å². The molecule has 0 saturated carbocycles. The largest absolute Gasteiger partial charge is 0.348 e. The Labute approximate surface area is 99.8 Å². The Balaban J connectivity index is 1.96. The van der Waals surface area contributed by atoms with Crippen LogP contribution in [0, 0.1) is 0 Å². The second-order valence-electron chi connectivity index (χ2n) is 3.92. The molecule has 0 bridgehead atoms. The van der Waals surface area contributed by atoms with E-state index in [2.05, 4.69) is 5.32 Å². The van der Waals surface area contributed by atoms with Crippen molar-refractivity contribution in [3.63, 3.8) is 0 Å². The van der Waals surface area contributed by atoms with Crippen molar-refractivity contribution in [1.29, 1.82) is 0 Å². The summed E-state index contributed by atoms with van der Waals surface area (Å²) in [5.74, 6) is -0.122. The van der Waals surface area contributed by atoms with Crippen LogP contribution in [0.15, 0.2) is 48.1 Å². The van der Waals surface area contributed by atoms with E-state index in [9.17, 15) is 9.59 Å². The van der Waals surface area contributed by atoms with E-state index in [4.69, 9.17) is 0 Å². The topological polar surface area (TPSA) is 46.2 Å². The molecule has 0 aromatic heterocycles. The van der Waals surface area contributed by atoms with E-state index in [0.29, 0.717) is 17.7 Å². The van der Waals surface area contributed by atoms with Gasteiger partial charge in [0, 0.05) is 17.7 Å². The van der Waals surface area contributed by atoms with Gasteiger partial charge in [0.1, 0.15) is 0 Å². The van der Waals surface area contributed by atoms with E-state index < -0.39 is 0 Å². The Hall–Kier alpha value is -2.16. The van der Waals surface area contributed by atoms with Crippen LogP contribution in [0.25, 0.3) is 0 Å². The highest BCUT2D eigenvalue weighted by atomic mass is 16.1. The first-order valence-corrected chi connectivity index (χ1v) is 5.43. The minimum atomic E-state index is -0.124. The summed E-state index contributed by atoms with van der Waals surface area (Å²) in [6.45, 7) is 2.05. The lowest BCUT2D eigenvalue weighted by molar-refractivity contribution is 0.0955. The predicted octanol–water partition coefficient (Wildman–Crippen LogP) is 2.12. The molecule has 0 spiro atoms. The zero-order chi connectivity index (χ0) is 12.3. The lowest BCUT2D eigenvalue weighted by Crippen LogP contribution is -2.25. The van der Waals surface area contributed by atoms with Crippen molar-refractivity contribution in [2.45, 2.75) is 6.92 Å². The van der Waals surface area contributed by atoms with Crippen LogP contribution in [0.4, 0.5) is 0 Å². The summed E-state index contributed by atoms with van der Waals surface area (Å²) >= 11 is 0. The summed E-state index contributed by atoms with van der Waals surface area (Å²) in [4.78, 5) is 22.8. The number of Topliss-reactive ketones (excluding diaryl/α,β-unsaturated/α-hetero) is 1. The summed E-state index contributed by atoms with van der Waals surface area (Å²) < 4.78 is 0. The average Bonchev–Trinajstić information content (AvgIpc) is 2.27. The van der Waals surface area contributed by atoms with Crippen LogP contribution in [0.2, 0.25) is 0 Å². The van der Waals surface area contributed by atoms with Crippen LogP contribution in [-0.2, 0) is 0 Å². The number of rotatable bonds is 4. The first-order chi connectivity index (χ1) is 8.16. The number of carbonyl (C=O) groups excluding carboxylic acids is 2. The summed E-state index contributed by atoms with van der Waals surface area (Å²) in [6.07, 6.45) is 5.85. The first-order valence-electron chi connectivity index (χ1n) is 5.43. The van der Waals surface area contributed by atoms with Crippen LogP contribution in [0.3, 0.4) is 0 Å². The maximum absolute atomic E-state index is 11.7. The van der Waals surface area contributed by atoms with Crippen LogP contribution in [0.1, 0.15) is 27.6 Å². The van der Waals surface area contributed by atoms with Gasteiger partial charge >= 0.3 is 0 Å². The minimum absolute atomic E-state index is 0.00159. The SMILES string of the molecule is CC(=O)c1ccc(C(=O)NCC2=CC=C2)cc1. The Kier molecular flexibility index (Phi) is 3.19. The Morgan fingerprint density at radius 1 is 1.12 bits per heavy atom. The predicted molar refractivity (Wildman–Crippen MR) is 66.0 cm³/mol. The Morgan fingerprint density at radius 2 is 1.71 bits per heavy atom. The number of ketones is 1. The Morgan fingerprint density at radius 3 is 2.18 bits per heavy atom. The highest BCUT2D eigenvalue weighted by Crippen LogP contribution is 2.07. The molecule has 1 aliphatic rings. The molecule has 1 N–H and O–H groups in total. The third kappa shape index (κ3) is 2.69. The van der Waals surface area contributed by atoms with Gasteiger partial charge in [-0.1, -0.05) is 30.4 Å². The number of nitrogens with one attached hydrogen (secondary N) is 1. The number of benzene rings is 1. The molecule has 1 aliphatic carbocycles. The molecular formula is C14H13NO2. The van der Waals surface area contributed by atoms with Crippen LogP contribution >= 0.6 is 0 Å². The third-order valence-electron chi connectivity index (χ3n) is 2.63. The third-order valence-corrected chi connectivity index (χ3v) is 2.63. The summed E-state index contributed by atoms with van der Waals surface area (Å²) in [6, 6.07) is 6.66. The van der Waals surface area contributed by atoms with Gasteiger partial charge in [-0.2, -0.15) is 0 Å². The Bertz CT molecular complexity index is 510. The van der Waals surface area contributed by atoms with Gasteiger partial charge in [0.05, 0.1) is 0 Å². The van der Waals surface area contributed by atoms with Crippen molar-refractivity contribution in [3.05, 3.63) is 59.2 Å². The molecule has 3 heteroatoms. The normalized spacial score (nSPS) is 12.6. The van der Waals surface area contributed by atoms with E-state index in [-0.39, 0.29) is 11.7 Å². The number of amides is 1. The van der Waals surface area contributed by atoms with Crippen LogP contribution < -0.4 is 5.32 Å². The molecule has 0 fully saturated rings. The maximum Gasteiger partial charge on any atom is 0.251 e. The average molecular weight is 227 g/mol. The molecule has 0 saturated heterocycles. The van der Waals surface area contributed by atoms with Crippen molar-refractivity contribution in [3.8, 4) is 0 Å². The zero-order valence-corrected chi connectivity index (χ0v) is 9.57. The molecule has 1 aromatic rings. The molecule has 86 valence electrons. The van der Waals surface area contributed by atoms with Crippen molar-refractivity contribution < 1.29 is 9.59 Å². The van der Waals surface area contributed by atoms with Gasteiger partial charge in [0.15, 0.2) is 5.78 Å². The molecule has 3 nitrogen and oxygen atoms in total. The molecule has 0 aliphatic heterocycles. The molecule has 1 amide bonds. The standard InChI is InChI=1S/C14H13NO2/c1-10(16)12-5-7-13(8-6-12)14(17)15-9-11-3-2-4-11/h2-8H,9H2,1H3,(H,15,17). The van der Waals surface area contributed by atoms with Gasteiger partial charge < -0.3 is 5.32 Å². The zero-order valence-electron chi connectivity index (χ0n) is 9.57. The smallest absolute Gasteiger partial charge is 0.251 e. The van der Waals surface area contributed by atoms with Crippen molar-refractivity contribution in [1.82, 2.24) is 5.32 Å². The fourth-order valence-corrected chi connectivity index (χ4v) is 1.49. The van der Waals surface area contributed by atoms with Crippen LogP contribution in [0.5, 0.6) is 0 Å². The van der Waals surface area contributed by atoms with Gasteiger partial charge in [-0.25, -0.2) is 0 Å². The molecule has 1 aromatic carbocycles. The van der Waals surface area contributed by atoms with Gasteiger partial charge in [-0.3, -0.25) is 9.59 Å². The number of hydrogen-bond donors (Lipinski definition) is 1. The second-order valence-corrected chi connectivity index (χ2v) is 3.92. The lowest BCUT2D eigenvalue weighted by Gasteiger charge is -2.09. The molecule has 2 rings (SSSR count). The van der Waals surface area contributed by atoms with E-state index in [1.807, 2.05) is 18.2 Å². The monoisotopic (exact) mass is 227 g/mol. The first kappa shape index (κ1) is 11.3. The molecule has 0 radical (unpaired) electrons. The fourth-order valence-electron chi connectivity index (χ4n) is 1.49. The molecule has 0 heterocycles. The lowest BCUT2D eigenvalue weighted by atomic mass is 10.1. The molecule has 0 atom stereocenters. The number of allylic oxidation sites excluding steroid dienone is 2. The summed E-state index contributed by atoms with van der Waals surface area (Å²) in [7, 11) is 0. The van der Waals surface area contributed by atoms with Gasteiger partial charge in [-0.05, 0) is 24.6 Å². The summed E-state index contributed by atoms with van der Waals surface area (Å²) in [5, 5.41) is 2.81. The van der Waals surface area contributed by atoms with Gasteiger partial charge in [-0.15, -0.1) is 0 Å². The maximum atomic E-state index is 11.7. The summed E-state index contributed by atoms with van der Waals surface area (Å²) in [5.41, 5.74) is 2.30. The number of carbonyl (C=O) groups is 2. The highest BCUT2D eigenvalue weighted by molar-refractivity contribution is 5.97. The van der Waals surface area contributed by atoms with Gasteiger partial charge in [0.2, 0.25) is 0 Å². The number of hydrogen-bond acceptors (Lipinski definition) is 2. The minimum Gasteiger partial charge on any atom is -0.348 e. The van der Waals surface area contributed by atoms with E-state index in [1.165, 1.54) is 6.92 Å². The highest BCUT2D eigenvalue weighted by Gasteiger charge is 2.07. The molecule has 0 unspecified atom stereocenters. The fraction of sp³-hybridized carbons (Fsp3) is 0.143. The van der Waals surface area contributed by atoms with Crippen molar-refractivity contribution in [2.75, 3.05) is 6.54 Å². The van der Waals surface area contributed by atoms with Crippen molar-refractivity contribution >= 4 is 11.7 Å². The van der Waals surface area contributed by atoms with E-state index in [0.717, 1.165) is 5.57 Å². The molecular weight excluding hydrogens is 214 g/mol. The quantitative estimate of drug-likeness (QED) is 0.801.